The highest BCUT2D eigenvalue weighted by atomic mass is 79.9. The molecule has 2 rings (SSSR count). The van der Waals surface area contributed by atoms with Crippen molar-refractivity contribution in [3.63, 3.8) is 0 Å². The van der Waals surface area contributed by atoms with Crippen LogP contribution in [0.1, 0.15) is 11.1 Å². The van der Waals surface area contributed by atoms with Gasteiger partial charge >= 0.3 is 0 Å². The summed E-state index contributed by atoms with van der Waals surface area (Å²) in [6.45, 7) is 2.50. The lowest BCUT2D eigenvalue weighted by atomic mass is 10.2. The molecule has 0 spiro atoms. The van der Waals surface area contributed by atoms with Crippen molar-refractivity contribution in [3.8, 4) is 5.88 Å². The molecule has 88 valence electrons. The van der Waals surface area contributed by atoms with Gasteiger partial charge < -0.3 is 4.74 Å². The third-order valence-corrected chi connectivity index (χ3v) is 3.27. The second-order valence-electron chi connectivity index (χ2n) is 3.72. The lowest BCUT2D eigenvalue weighted by Gasteiger charge is -2.07. The predicted octanol–water partition coefficient (Wildman–Crippen LogP) is 4.49. The third kappa shape index (κ3) is 3.54. The van der Waals surface area contributed by atoms with Crippen LogP contribution in [0.25, 0.3) is 0 Å². The number of aromatic nitrogens is 1. The van der Waals surface area contributed by atoms with Gasteiger partial charge in [-0.15, -0.1) is 0 Å². The summed E-state index contributed by atoms with van der Waals surface area (Å²) in [6.07, 6.45) is 1.79. The Hall–Kier alpha value is -0.870. The summed E-state index contributed by atoms with van der Waals surface area (Å²) in [6, 6.07) is 10.0. The van der Waals surface area contributed by atoms with Crippen LogP contribution in [0.3, 0.4) is 0 Å². The van der Waals surface area contributed by atoms with E-state index in [4.69, 9.17) is 4.74 Å². The van der Waals surface area contributed by atoms with Crippen molar-refractivity contribution in [2.45, 2.75) is 13.5 Å². The molecule has 4 heteroatoms. The number of halogens is 2. The van der Waals surface area contributed by atoms with Crippen LogP contribution in [0.4, 0.5) is 0 Å². The summed E-state index contributed by atoms with van der Waals surface area (Å²) >= 11 is 6.87. The number of pyridine rings is 1. The number of benzene rings is 1. The minimum Gasteiger partial charge on any atom is -0.472 e. The van der Waals surface area contributed by atoms with Crippen molar-refractivity contribution in [1.29, 1.82) is 0 Å². The molecule has 0 fully saturated rings. The molecule has 1 aromatic heterocycles. The van der Waals surface area contributed by atoms with E-state index >= 15 is 0 Å². The van der Waals surface area contributed by atoms with Crippen molar-refractivity contribution >= 4 is 31.9 Å². The second-order valence-corrected chi connectivity index (χ2v) is 5.49. The molecule has 0 amide bonds. The number of nitrogens with zero attached hydrogens (tertiary/aromatic N) is 1. The fourth-order valence-electron chi connectivity index (χ4n) is 1.41. The Morgan fingerprint density at radius 2 is 2.06 bits per heavy atom. The number of aryl methyl sites for hydroxylation is 1. The smallest absolute Gasteiger partial charge is 0.228 e. The van der Waals surface area contributed by atoms with Gasteiger partial charge in [-0.05, 0) is 52.2 Å². The zero-order valence-corrected chi connectivity index (χ0v) is 12.5. The summed E-state index contributed by atoms with van der Waals surface area (Å²) in [4.78, 5) is 4.23. The lowest BCUT2D eigenvalue weighted by Crippen LogP contribution is -1.98. The Morgan fingerprint density at radius 1 is 1.24 bits per heavy atom. The minimum atomic E-state index is 0.508. The number of hydrogen-bond acceptors (Lipinski definition) is 2. The van der Waals surface area contributed by atoms with E-state index in [-0.39, 0.29) is 0 Å². The average molecular weight is 357 g/mol. The SMILES string of the molecule is Cc1cnc(OCc2cccc(Br)c2)c(Br)c1. The van der Waals surface area contributed by atoms with Gasteiger partial charge in [0, 0.05) is 10.7 Å². The summed E-state index contributed by atoms with van der Waals surface area (Å²) < 4.78 is 7.59. The van der Waals surface area contributed by atoms with Crippen molar-refractivity contribution < 1.29 is 4.74 Å². The van der Waals surface area contributed by atoms with Crippen molar-refractivity contribution in [2.24, 2.45) is 0 Å². The molecular weight excluding hydrogens is 346 g/mol. The van der Waals surface area contributed by atoms with Crippen LogP contribution in [0.5, 0.6) is 5.88 Å². The maximum Gasteiger partial charge on any atom is 0.228 e. The normalized spacial score (nSPS) is 10.3. The second kappa shape index (κ2) is 5.65. The Bertz CT molecular complexity index is 529. The third-order valence-electron chi connectivity index (χ3n) is 2.21. The van der Waals surface area contributed by atoms with Crippen LogP contribution in [0.2, 0.25) is 0 Å². The molecule has 0 bridgehead atoms. The standard InChI is InChI=1S/C13H11Br2NO/c1-9-5-12(15)13(16-7-9)17-8-10-3-2-4-11(14)6-10/h2-7H,8H2,1H3. The molecule has 0 aliphatic rings. The summed E-state index contributed by atoms with van der Waals surface area (Å²) in [7, 11) is 0. The Morgan fingerprint density at radius 3 is 2.76 bits per heavy atom. The first-order valence-electron chi connectivity index (χ1n) is 5.14. The average Bonchev–Trinajstić information content (AvgIpc) is 2.28. The molecule has 0 unspecified atom stereocenters. The van der Waals surface area contributed by atoms with Crippen LogP contribution < -0.4 is 4.74 Å². The van der Waals surface area contributed by atoms with Crippen LogP contribution in [0.15, 0.2) is 45.5 Å². The van der Waals surface area contributed by atoms with Crippen LogP contribution in [-0.2, 0) is 6.61 Å². The monoisotopic (exact) mass is 355 g/mol. The van der Waals surface area contributed by atoms with E-state index in [1.54, 1.807) is 6.20 Å². The molecule has 2 aromatic rings. The van der Waals surface area contributed by atoms with Gasteiger partial charge in [0.2, 0.25) is 5.88 Å². The van der Waals surface area contributed by atoms with Crippen molar-refractivity contribution in [2.75, 3.05) is 0 Å². The molecule has 0 saturated carbocycles. The van der Waals surface area contributed by atoms with Gasteiger partial charge in [-0.3, -0.25) is 0 Å². The zero-order valence-electron chi connectivity index (χ0n) is 9.28. The van der Waals surface area contributed by atoms with Gasteiger partial charge in [0.1, 0.15) is 6.61 Å². The first-order valence-corrected chi connectivity index (χ1v) is 6.73. The molecule has 17 heavy (non-hydrogen) atoms. The minimum absolute atomic E-state index is 0.508. The Kier molecular flexibility index (Phi) is 4.18. The van der Waals surface area contributed by atoms with Gasteiger partial charge in [0.15, 0.2) is 0 Å². The molecule has 0 saturated heterocycles. The molecular formula is C13H11Br2NO. The Balaban J connectivity index is 2.07. The van der Waals surface area contributed by atoms with E-state index in [2.05, 4.69) is 36.8 Å². The zero-order chi connectivity index (χ0) is 12.3. The molecule has 0 N–H and O–H groups in total. The lowest BCUT2D eigenvalue weighted by molar-refractivity contribution is 0.291. The molecule has 0 aliphatic carbocycles. The topological polar surface area (TPSA) is 22.1 Å². The van der Waals surface area contributed by atoms with Crippen LogP contribution in [0, 0.1) is 6.92 Å². The molecule has 2 nitrogen and oxygen atoms in total. The quantitative estimate of drug-likeness (QED) is 0.808. The number of ether oxygens (including phenoxy) is 1. The molecule has 0 aliphatic heterocycles. The maximum absolute atomic E-state index is 5.65. The van der Waals surface area contributed by atoms with E-state index in [0.717, 1.165) is 20.1 Å². The first kappa shape index (κ1) is 12.6. The summed E-state index contributed by atoms with van der Waals surface area (Å²) in [5.74, 6) is 0.621. The van der Waals surface area contributed by atoms with E-state index in [1.165, 1.54) is 0 Å². The predicted molar refractivity (Wildman–Crippen MR) is 75.1 cm³/mol. The fourth-order valence-corrected chi connectivity index (χ4v) is 2.43. The van der Waals surface area contributed by atoms with E-state index in [0.29, 0.717) is 12.5 Å². The summed E-state index contributed by atoms with van der Waals surface area (Å²) in [5.41, 5.74) is 2.21. The van der Waals surface area contributed by atoms with E-state index < -0.39 is 0 Å². The largest absolute Gasteiger partial charge is 0.472 e. The maximum atomic E-state index is 5.65. The molecule has 1 aromatic carbocycles. The molecule has 0 radical (unpaired) electrons. The van der Waals surface area contributed by atoms with E-state index in [1.807, 2.05) is 37.3 Å². The number of hydrogen-bond donors (Lipinski definition) is 0. The Labute approximate surface area is 117 Å². The van der Waals surface area contributed by atoms with Gasteiger partial charge in [-0.1, -0.05) is 28.1 Å². The first-order chi connectivity index (χ1) is 8.15. The van der Waals surface area contributed by atoms with Gasteiger partial charge in [-0.2, -0.15) is 0 Å². The van der Waals surface area contributed by atoms with Crippen LogP contribution in [-0.4, -0.2) is 4.98 Å². The fraction of sp³-hybridized carbons (Fsp3) is 0.154. The molecule has 1 heterocycles. The summed E-state index contributed by atoms with van der Waals surface area (Å²) in [5, 5.41) is 0. The highest BCUT2D eigenvalue weighted by molar-refractivity contribution is 9.10. The van der Waals surface area contributed by atoms with Crippen molar-refractivity contribution in [1.82, 2.24) is 4.98 Å². The molecule has 0 atom stereocenters. The van der Waals surface area contributed by atoms with E-state index in [9.17, 15) is 0 Å². The van der Waals surface area contributed by atoms with Crippen LogP contribution >= 0.6 is 31.9 Å². The van der Waals surface area contributed by atoms with Gasteiger partial charge in [0.25, 0.3) is 0 Å². The van der Waals surface area contributed by atoms with Gasteiger partial charge in [-0.25, -0.2) is 4.98 Å². The highest BCUT2D eigenvalue weighted by Crippen LogP contribution is 2.23. The van der Waals surface area contributed by atoms with Crippen molar-refractivity contribution in [3.05, 3.63) is 56.6 Å². The highest BCUT2D eigenvalue weighted by Gasteiger charge is 2.03. The number of rotatable bonds is 3. The van der Waals surface area contributed by atoms with Gasteiger partial charge in [0.05, 0.1) is 4.47 Å².